The van der Waals surface area contributed by atoms with Crippen molar-refractivity contribution in [1.82, 2.24) is 15.0 Å². The number of carbonyl (C=O) groups excluding carboxylic acids is 1. The molecule has 1 heterocycles. The molecule has 3 rings (SSSR count). The number of nitro benzene ring substituents is 1. The lowest BCUT2D eigenvalue weighted by molar-refractivity contribution is -0.385. The number of non-ortho nitro benzene ring substituents is 1. The lowest BCUT2D eigenvalue weighted by Gasteiger charge is -2.08. The SMILES string of the molecule is O=C(CCc1ncc(-c2ccccc2F)o1)NCCNS(=O)(=O)c1cccc([N+](=O)[O-])c1. The summed E-state index contributed by atoms with van der Waals surface area (Å²) >= 11 is 0. The van der Waals surface area contributed by atoms with Crippen molar-refractivity contribution in [2.75, 3.05) is 13.1 Å². The van der Waals surface area contributed by atoms with Gasteiger partial charge in [-0.2, -0.15) is 0 Å². The molecule has 0 aliphatic rings. The van der Waals surface area contributed by atoms with Crippen LogP contribution >= 0.6 is 0 Å². The van der Waals surface area contributed by atoms with E-state index in [4.69, 9.17) is 4.42 Å². The number of aromatic nitrogens is 1. The second kappa shape index (κ2) is 10.1. The first-order chi connectivity index (χ1) is 15.3. The number of halogens is 1. The van der Waals surface area contributed by atoms with Crippen molar-refractivity contribution in [2.24, 2.45) is 0 Å². The first kappa shape index (κ1) is 23.0. The molecule has 0 fully saturated rings. The molecule has 0 bridgehead atoms. The summed E-state index contributed by atoms with van der Waals surface area (Å²) in [4.78, 5) is 25.9. The van der Waals surface area contributed by atoms with Gasteiger partial charge in [0.25, 0.3) is 5.69 Å². The van der Waals surface area contributed by atoms with Gasteiger partial charge in [0.15, 0.2) is 11.7 Å². The summed E-state index contributed by atoms with van der Waals surface area (Å²) in [5.41, 5.74) is -0.0717. The van der Waals surface area contributed by atoms with Gasteiger partial charge < -0.3 is 9.73 Å². The Kier molecular flexibility index (Phi) is 7.28. The van der Waals surface area contributed by atoms with Gasteiger partial charge in [-0.1, -0.05) is 18.2 Å². The van der Waals surface area contributed by atoms with Crippen LogP contribution in [0.5, 0.6) is 0 Å². The summed E-state index contributed by atoms with van der Waals surface area (Å²) in [6.07, 6.45) is 1.60. The molecule has 0 aliphatic carbocycles. The summed E-state index contributed by atoms with van der Waals surface area (Å²) in [6, 6.07) is 10.7. The van der Waals surface area contributed by atoms with Gasteiger partial charge in [-0.05, 0) is 18.2 Å². The van der Waals surface area contributed by atoms with Gasteiger partial charge in [0, 0.05) is 38.1 Å². The number of nitro groups is 1. The van der Waals surface area contributed by atoms with E-state index in [2.05, 4.69) is 15.0 Å². The number of aryl methyl sites for hydroxylation is 1. The van der Waals surface area contributed by atoms with Crippen LogP contribution in [0.1, 0.15) is 12.3 Å². The number of oxazole rings is 1. The van der Waals surface area contributed by atoms with Crippen molar-refractivity contribution in [3.63, 3.8) is 0 Å². The molecule has 0 saturated carbocycles. The standard InChI is InChI=1S/C20H19FN4O6S/c21-17-7-2-1-6-16(17)18-13-23-20(31-18)9-8-19(26)22-10-11-24-32(29,30)15-5-3-4-14(12-15)25(27)28/h1-7,12-13,24H,8-11H2,(H,22,26). The number of carbonyl (C=O) groups is 1. The molecular formula is C20H19FN4O6S. The van der Waals surface area contributed by atoms with E-state index in [-0.39, 0.29) is 59.6 Å². The predicted octanol–water partition coefficient (Wildman–Crippen LogP) is 2.42. The highest BCUT2D eigenvalue weighted by Crippen LogP contribution is 2.23. The molecule has 0 unspecified atom stereocenters. The van der Waals surface area contributed by atoms with E-state index in [1.165, 1.54) is 30.5 Å². The van der Waals surface area contributed by atoms with Gasteiger partial charge in [0.2, 0.25) is 15.9 Å². The third-order valence-corrected chi connectivity index (χ3v) is 5.80. The lowest BCUT2D eigenvalue weighted by Crippen LogP contribution is -2.34. The highest BCUT2D eigenvalue weighted by molar-refractivity contribution is 7.89. The number of nitrogens with one attached hydrogen (secondary N) is 2. The van der Waals surface area contributed by atoms with E-state index in [0.717, 1.165) is 6.07 Å². The third-order valence-electron chi connectivity index (χ3n) is 4.34. The molecule has 0 saturated heterocycles. The van der Waals surface area contributed by atoms with Crippen LogP contribution in [0.3, 0.4) is 0 Å². The lowest BCUT2D eigenvalue weighted by atomic mass is 10.2. The van der Waals surface area contributed by atoms with Crippen molar-refractivity contribution < 1.29 is 26.9 Å². The number of hydrogen-bond acceptors (Lipinski definition) is 7. The van der Waals surface area contributed by atoms with Crippen molar-refractivity contribution in [3.05, 3.63) is 76.6 Å². The number of sulfonamides is 1. The largest absolute Gasteiger partial charge is 0.441 e. The Morgan fingerprint density at radius 2 is 1.94 bits per heavy atom. The van der Waals surface area contributed by atoms with Crippen molar-refractivity contribution in [3.8, 4) is 11.3 Å². The van der Waals surface area contributed by atoms with Crippen LogP contribution in [-0.4, -0.2) is 37.3 Å². The van der Waals surface area contributed by atoms with Crippen LogP contribution in [0.4, 0.5) is 10.1 Å². The maximum Gasteiger partial charge on any atom is 0.270 e. The van der Waals surface area contributed by atoms with Crippen molar-refractivity contribution in [1.29, 1.82) is 0 Å². The molecule has 1 aromatic heterocycles. The molecule has 2 aromatic carbocycles. The summed E-state index contributed by atoms with van der Waals surface area (Å²) in [6.45, 7) is -0.0910. The summed E-state index contributed by atoms with van der Waals surface area (Å²) in [7, 11) is -3.96. The quantitative estimate of drug-likeness (QED) is 0.267. The number of rotatable bonds is 10. The second-order valence-electron chi connectivity index (χ2n) is 6.60. The monoisotopic (exact) mass is 462 g/mol. The minimum atomic E-state index is -3.96. The van der Waals surface area contributed by atoms with E-state index in [1.54, 1.807) is 18.2 Å². The topological polar surface area (TPSA) is 144 Å². The Hall–Kier alpha value is -3.64. The Labute approximate surface area is 182 Å². The highest BCUT2D eigenvalue weighted by atomic mass is 32.2. The van der Waals surface area contributed by atoms with Crippen molar-refractivity contribution in [2.45, 2.75) is 17.7 Å². The molecule has 10 nitrogen and oxygen atoms in total. The van der Waals surface area contributed by atoms with E-state index in [1.807, 2.05) is 0 Å². The molecule has 168 valence electrons. The molecule has 0 radical (unpaired) electrons. The van der Waals surface area contributed by atoms with Gasteiger partial charge >= 0.3 is 0 Å². The third kappa shape index (κ3) is 5.95. The Morgan fingerprint density at radius 1 is 1.16 bits per heavy atom. The summed E-state index contributed by atoms with van der Waals surface area (Å²) in [5.74, 6) is -0.274. The molecule has 0 atom stereocenters. The minimum absolute atomic E-state index is 0.0129. The van der Waals surface area contributed by atoms with Gasteiger partial charge in [-0.15, -0.1) is 0 Å². The maximum absolute atomic E-state index is 13.8. The second-order valence-corrected chi connectivity index (χ2v) is 8.37. The summed E-state index contributed by atoms with van der Waals surface area (Å²) < 4.78 is 46.0. The molecule has 1 amide bonds. The average Bonchev–Trinajstić information content (AvgIpc) is 3.24. The van der Waals surface area contributed by atoms with Gasteiger partial charge in [-0.3, -0.25) is 14.9 Å². The van der Waals surface area contributed by atoms with Gasteiger partial charge in [0.05, 0.1) is 21.6 Å². The van der Waals surface area contributed by atoms with Crippen LogP contribution in [0.2, 0.25) is 0 Å². The Balaban J connectivity index is 1.43. The number of hydrogen-bond donors (Lipinski definition) is 2. The number of amides is 1. The molecule has 3 aromatic rings. The summed E-state index contributed by atoms with van der Waals surface area (Å²) in [5, 5.41) is 13.3. The zero-order valence-electron chi connectivity index (χ0n) is 16.7. The zero-order valence-corrected chi connectivity index (χ0v) is 17.5. The van der Waals surface area contributed by atoms with Gasteiger partial charge in [-0.25, -0.2) is 22.5 Å². The first-order valence-corrected chi connectivity index (χ1v) is 10.9. The fourth-order valence-electron chi connectivity index (χ4n) is 2.76. The van der Waals surface area contributed by atoms with Crippen LogP contribution < -0.4 is 10.0 Å². The van der Waals surface area contributed by atoms with E-state index in [9.17, 15) is 27.7 Å². The number of benzene rings is 2. The first-order valence-electron chi connectivity index (χ1n) is 9.47. The zero-order chi connectivity index (χ0) is 23.1. The average molecular weight is 462 g/mol. The van der Waals surface area contributed by atoms with E-state index in [0.29, 0.717) is 0 Å². The van der Waals surface area contributed by atoms with E-state index >= 15 is 0 Å². The highest BCUT2D eigenvalue weighted by Gasteiger charge is 2.17. The Bertz CT molecular complexity index is 1230. The molecule has 2 N–H and O–H groups in total. The molecule has 0 aliphatic heterocycles. The Morgan fingerprint density at radius 3 is 2.69 bits per heavy atom. The predicted molar refractivity (Wildman–Crippen MR) is 112 cm³/mol. The van der Waals surface area contributed by atoms with E-state index < -0.39 is 20.8 Å². The normalized spacial score (nSPS) is 11.3. The van der Waals surface area contributed by atoms with Crippen LogP contribution in [-0.2, 0) is 21.2 Å². The molecular weight excluding hydrogens is 443 g/mol. The fourth-order valence-corrected chi connectivity index (χ4v) is 3.83. The van der Waals surface area contributed by atoms with Crippen LogP contribution in [0.15, 0.2) is 64.0 Å². The molecule has 12 heteroatoms. The molecule has 0 spiro atoms. The van der Waals surface area contributed by atoms with Crippen LogP contribution in [0.25, 0.3) is 11.3 Å². The fraction of sp³-hybridized carbons (Fsp3) is 0.200. The number of nitrogens with zero attached hydrogens (tertiary/aromatic N) is 2. The van der Waals surface area contributed by atoms with Crippen LogP contribution in [0, 0.1) is 15.9 Å². The van der Waals surface area contributed by atoms with Gasteiger partial charge in [0.1, 0.15) is 5.82 Å². The minimum Gasteiger partial charge on any atom is -0.441 e. The van der Waals surface area contributed by atoms with Crippen molar-refractivity contribution >= 4 is 21.6 Å². The molecule has 32 heavy (non-hydrogen) atoms. The smallest absolute Gasteiger partial charge is 0.270 e. The maximum atomic E-state index is 13.8.